The van der Waals surface area contributed by atoms with E-state index in [4.69, 9.17) is 0 Å². The second kappa shape index (κ2) is 15.4. The van der Waals surface area contributed by atoms with Crippen molar-refractivity contribution in [2.45, 2.75) is 105 Å². The lowest BCUT2D eigenvalue weighted by molar-refractivity contribution is 0.590. The van der Waals surface area contributed by atoms with Gasteiger partial charge in [0.2, 0.25) is 0 Å². The van der Waals surface area contributed by atoms with Gasteiger partial charge in [0.25, 0.3) is 6.71 Å². The second-order valence-corrected chi connectivity index (χ2v) is 23.6. The van der Waals surface area contributed by atoms with Crippen LogP contribution < -0.4 is 26.2 Å². The summed E-state index contributed by atoms with van der Waals surface area (Å²) in [6, 6.07) is 65.2. The molecule has 0 unspecified atom stereocenters. The topological polar surface area (TPSA) is 11.4 Å². The van der Waals surface area contributed by atoms with Gasteiger partial charge in [0.05, 0.1) is 22.4 Å². The molecule has 0 radical (unpaired) electrons. The van der Waals surface area contributed by atoms with Crippen LogP contribution in [0.4, 0.5) is 34.1 Å². The molecule has 11 rings (SSSR count). The van der Waals surface area contributed by atoms with Crippen LogP contribution in [0.25, 0.3) is 38.6 Å². The van der Waals surface area contributed by atoms with Crippen molar-refractivity contribution >= 4 is 79.0 Å². The lowest BCUT2D eigenvalue weighted by Crippen LogP contribution is -2.61. The van der Waals surface area contributed by atoms with Crippen LogP contribution in [0.15, 0.2) is 170 Å². The first-order valence-electron chi connectivity index (χ1n) is 24.6. The minimum atomic E-state index is -0.0570. The van der Waals surface area contributed by atoms with Crippen LogP contribution in [-0.2, 0) is 21.7 Å². The van der Waals surface area contributed by atoms with Gasteiger partial charge >= 0.3 is 0 Å². The molecule has 0 spiro atoms. The van der Waals surface area contributed by atoms with Crippen LogP contribution in [0, 0.1) is 0 Å². The van der Waals surface area contributed by atoms with Crippen LogP contribution in [0.1, 0.15) is 105 Å². The third kappa shape index (κ3) is 7.09. The molecule has 0 aliphatic carbocycles. The van der Waals surface area contributed by atoms with Crippen molar-refractivity contribution in [1.82, 2.24) is 4.57 Å². The summed E-state index contributed by atoms with van der Waals surface area (Å²) in [6.07, 6.45) is 0. The van der Waals surface area contributed by atoms with Crippen molar-refractivity contribution in [2.75, 3.05) is 9.80 Å². The van der Waals surface area contributed by atoms with E-state index in [-0.39, 0.29) is 28.4 Å². The summed E-state index contributed by atoms with van der Waals surface area (Å²) in [6.45, 7) is 27.9. The Morgan fingerprint density at radius 3 is 1.28 bits per heavy atom. The van der Waals surface area contributed by atoms with Crippen molar-refractivity contribution in [3.8, 4) is 16.8 Å². The Balaban J connectivity index is 1.32. The van der Waals surface area contributed by atoms with Crippen molar-refractivity contribution in [1.29, 1.82) is 0 Å². The molecule has 0 saturated carbocycles. The van der Waals surface area contributed by atoms with E-state index in [0.29, 0.717) is 0 Å². The van der Waals surface area contributed by atoms with Gasteiger partial charge in [-0.05, 0) is 127 Å². The Hall–Kier alpha value is -6.78. The lowest BCUT2D eigenvalue weighted by Gasteiger charge is -2.45. The highest BCUT2D eigenvalue weighted by atomic mass is 15.2. The lowest BCUT2D eigenvalue weighted by atomic mass is 9.33. The summed E-state index contributed by atoms with van der Waals surface area (Å²) in [5.74, 6) is 0. The molecule has 9 aromatic rings. The minimum Gasteiger partial charge on any atom is -0.311 e. The van der Waals surface area contributed by atoms with Crippen LogP contribution in [0.2, 0.25) is 0 Å². The van der Waals surface area contributed by atoms with Crippen molar-refractivity contribution in [3.05, 3.63) is 192 Å². The van der Waals surface area contributed by atoms with Gasteiger partial charge in [0.1, 0.15) is 0 Å². The summed E-state index contributed by atoms with van der Waals surface area (Å²) in [5.41, 5.74) is 22.3. The molecular formula is C64H64BN3. The maximum atomic E-state index is 2.63. The van der Waals surface area contributed by atoms with Crippen LogP contribution >= 0.6 is 0 Å². The van der Waals surface area contributed by atoms with Gasteiger partial charge in [0.15, 0.2) is 0 Å². The first-order chi connectivity index (χ1) is 32.3. The first kappa shape index (κ1) is 43.8. The molecule has 1 aromatic heterocycles. The highest BCUT2D eigenvalue weighted by Crippen LogP contribution is 2.49. The fraction of sp³-hybridized carbons (Fsp3) is 0.250. The van der Waals surface area contributed by atoms with E-state index in [1.807, 2.05) is 0 Å². The Labute approximate surface area is 405 Å². The highest BCUT2D eigenvalue weighted by Gasteiger charge is 2.45. The third-order valence-corrected chi connectivity index (χ3v) is 14.8. The number of anilines is 6. The van der Waals surface area contributed by atoms with Crippen molar-refractivity contribution in [2.24, 2.45) is 0 Å². The molecule has 0 bridgehead atoms. The fourth-order valence-electron chi connectivity index (χ4n) is 10.9. The number of benzene rings is 8. The molecule has 68 heavy (non-hydrogen) atoms. The molecule has 338 valence electrons. The van der Waals surface area contributed by atoms with Crippen LogP contribution in [0.5, 0.6) is 0 Å². The van der Waals surface area contributed by atoms with Crippen molar-refractivity contribution < 1.29 is 0 Å². The summed E-state index contributed by atoms with van der Waals surface area (Å²) in [4.78, 5) is 5.21. The SMILES string of the molecule is CC(C)(C)c1ccc(N2c3ccc(C(C)(C)C)cc3B3c4cc(C(C)(C)C)ccc4N(c4ccc(C(C)(C)C)cc4-c4ccccc4)c4cc(-n5c6ccccc6c6ccccc65)cc2c43)cc1. The number of aromatic nitrogens is 1. The van der Waals surface area contributed by atoms with E-state index in [1.165, 1.54) is 100 Å². The van der Waals surface area contributed by atoms with E-state index >= 15 is 0 Å². The van der Waals surface area contributed by atoms with Gasteiger partial charge in [-0.1, -0.05) is 192 Å². The summed E-state index contributed by atoms with van der Waals surface area (Å²) in [7, 11) is 0. The summed E-state index contributed by atoms with van der Waals surface area (Å²) >= 11 is 0. The molecule has 4 heteroatoms. The smallest absolute Gasteiger partial charge is 0.252 e. The average molecular weight is 886 g/mol. The quantitative estimate of drug-likeness (QED) is 0.163. The maximum Gasteiger partial charge on any atom is 0.252 e. The zero-order chi connectivity index (χ0) is 47.7. The predicted molar refractivity (Wildman–Crippen MR) is 295 cm³/mol. The van der Waals surface area contributed by atoms with E-state index < -0.39 is 0 Å². The first-order valence-corrected chi connectivity index (χ1v) is 24.6. The Morgan fingerprint density at radius 2 is 0.765 bits per heavy atom. The van der Waals surface area contributed by atoms with Gasteiger partial charge in [-0.2, -0.15) is 0 Å². The van der Waals surface area contributed by atoms with E-state index in [9.17, 15) is 0 Å². The monoisotopic (exact) mass is 886 g/mol. The van der Waals surface area contributed by atoms with Gasteiger partial charge in [-0.25, -0.2) is 0 Å². The fourth-order valence-corrected chi connectivity index (χ4v) is 10.9. The minimum absolute atomic E-state index is 0.0225. The van der Waals surface area contributed by atoms with Gasteiger partial charge in [-0.3, -0.25) is 0 Å². The molecular weight excluding hydrogens is 822 g/mol. The zero-order valence-electron chi connectivity index (χ0n) is 42.1. The van der Waals surface area contributed by atoms with Gasteiger partial charge in [-0.15, -0.1) is 0 Å². The van der Waals surface area contributed by atoms with Crippen LogP contribution in [-0.4, -0.2) is 11.3 Å². The number of nitrogens with zero attached hydrogens (tertiary/aromatic N) is 3. The average Bonchev–Trinajstić information content (AvgIpc) is 3.64. The molecule has 2 aliphatic rings. The predicted octanol–water partition coefficient (Wildman–Crippen LogP) is 15.7. The molecule has 0 saturated heterocycles. The molecule has 0 fully saturated rings. The Kier molecular flexibility index (Phi) is 9.90. The van der Waals surface area contributed by atoms with Gasteiger partial charge in [0, 0.05) is 44.8 Å². The largest absolute Gasteiger partial charge is 0.311 e. The number of para-hydroxylation sites is 2. The molecule has 2 aliphatic heterocycles. The molecule has 0 atom stereocenters. The van der Waals surface area contributed by atoms with E-state index in [2.05, 4.69) is 267 Å². The highest BCUT2D eigenvalue weighted by molar-refractivity contribution is 7.00. The zero-order valence-corrected chi connectivity index (χ0v) is 42.1. The van der Waals surface area contributed by atoms with Gasteiger partial charge < -0.3 is 14.4 Å². The molecule has 0 N–H and O–H groups in total. The van der Waals surface area contributed by atoms with Crippen LogP contribution in [0.3, 0.4) is 0 Å². The van der Waals surface area contributed by atoms with E-state index in [1.54, 1.807) is 0 Å². The summed E-state index contributed by atoms with van der Waals surface area (Å²) in [5, 5.41) is 2.51. The number of hydrogen-bond acceptors (Lipinski definition) is 2. The van der Waals surface area contributed by atoms with E-state index in [0.717, 1.165) is 11.4 Å². The molecule has 0 amide bonds. The molecule has 3 heterocycles. The van der Waals surface area contributed by atoms with Crippen molar-refractivity contribution in [3.63, 3.8) is 0 Å². The summed E-state index contributed by atoms with van der Waals surface area (Å²) < 4.78 is 2.51. The maximum absolute atomic E-state index is 2.63. The molecule has 3 nitrogen and oxygen atoms in total. The third-order valence-electron chi connectivity index (χ3n) is 14.8. The molecule has 8 aromatic carbocycles. The number of fused-ring (bicyclic) bond motifs is 7. The number of hydrogen-bond donors (Lipinski definition) is 0. The number of rotatable bonds is 4. The standard InChI is InChI=1S/C64H64BN3/c1-61(2,3)42-26-31-46(32-27-42)66-56-34-29-44(63(7,8)9)37-51(56)65-52-38-45(64(10,11)12)30-35-57(52)68(55-33-28-43(62(4,5)6)36-50(55)41-20-14-13-15-21-41)59-40-47(39-58(66)60(59)65)67-53-24-18-16-22-48(53)49-23-17-19-25-54(49)67/h13-40H,1-12H3. The Morgan fingerprint density at radius 1 is 0.338 bits per heavy atom. The Bertz CT molecular complexity index is 3380. The normalized spacial score (nSPS) is 13.8. The second-order valence-electron chi connectivity index (χ2n) is 23.6.